The first-order chi connectivity index (χ1) is 67.4. The molecule has 0 N–H and O–H groups in total. The molecule has 22 aromatic carbocycles. The van der Waals surface area contributed by atoms with E-state index in [1.807, 2.05) is 11.3 Å². The molecule has 0 aliphatic carbocycles. The second kappa shape index (κ2) is 29.8. The van der Waals surface area contributed by atoms with Crippen LogP contribution in [0.4, 0.5) is 0 Å². The van der Waals surface area contributed by atoms with Crippen molar-refractivity contribution in [2.24, 2.45) is 0 Å². The van der Waals surface area contributed by atoms with Gasteiger partial charge in [0.25, 0.3) is 0 Å². The number of para-hydroxylation sites is 8. The average molecular weight is 1750 g/mol. The van der Waals surface area contributed by atoms with Gasteiger partial charge in [-0.15, -0.1) is 11.3 Å². The summed E-state index contributed by atoms with van der Waals surface area (Å²) in [7, 11) is 0. The lowest BCUT2D eigenvalue weighted by molar-refractivity contribution is 1.17. The Kier molecular flexibility index (Phi) is 16.6. The highest BCUT2D eigenvalue weighted by atomic mass is 32.1. The second-order valence-electron chi connectivity index (χ2n) is 36.0. The molecule has 136 heavy (non-hydrogen) atoms. The van der Waals surface area contributed by atoms with Crippen LogP contribution in [0.15, 0.2) is 455 Å². The molecular weight excluding hydrogens is 1670 g/mol. The molecule has 0 fully saturated rings. The van der Waals surface area contributed by atoms with E-state index in [-0.39, 0.29) is 0 Å². The molecule has 30 aromatic rings. The summed E-state index contributed by atoms with van der Waals surface area (Å²) in [4.78, 5) is 21.2. The highest BCUT2D eigenvalue weighted by Crippen LogP contribution is 2.46. The molecule has 30 rings (SSSR count). The fourth-order valence-corrected chi connectivity index (χ4v) is 23.2. The van der Waals surface area contributed by atoms with Crippen LogP contribution in [-0.4, -0.2) is 42.8 Å². The summed E-state index contributed by atoms with van der Waals surface area (Å²) in [6.07, 6.45) is 0. The molecule has 630 valence electrons. The predicted molar refractivity (Wildman–Crippen MR) is 573 cm³/mol. The van der Waals surface area contributed by atoms with E-state index >= 15 is 0 Å². The summed E-state index contributed by atoms with van der Waals surface area (Å²) in [5.41, 5.74) is 25.2. The maximum atomic E-state index is 5.40. The normalized spacial score (nSPS) is 12.1. The molecule has 8 aromatic heterocycles. The Morgan fingerprint density at radius 2 is 0.456 bits per heavy atom. The van der Waals surface area contributed by atoms with Crippen molar-refractivity contribution in [3.63, 3.8) is 0 Å². The summed E-state index contributed by atoms with van der Waals surface area (Å²) in [6, 6.07) is 166. The Labute approximate surface area is 782 Å². The maximum absolute atomic E-state index is 5.40. The molecule has 0 radical (unpaired) electrons. The standard InChI is InChI=1S/C68H41N5.C58H34N4S/c1-2-16-50(17-3-1)71-61-23-11-7-18-53(61)56-33-30-47(40-64(56)71)67-57-21-6-10-22-60(57)69-68(70-67)48-27-26-45-35-51(31-28-44(45)34-48)72-62-24-12-9-20-55(62)59-38-46-29-32-52(36-49(46)41-66(59)72)73-63-25-13-8-19-54(63)58-37-42-14-4-5-15-43(42)39-65(58)73;1-2-13-36-32-53-48(30-35(36)12-1)43-16-5-9-22-52(43)62(53)42-26-24-37-31-49-44-17-4-8-21-51(44)61(54(49)33-40(37)29-42)41-15-11-14-39(28-41)58-59-50-20-7-3-19-47(50)57(60-58)38-25-27-46-45-18-6-10-23-55(45)63-56(46)34-38/h1-41H;1-34H. The second-order valence-corrected chi connectivity index (χ2v) is 37.1. The van der Waals surface area contributed by atoms with E-state index in [1.165, 1.54) is 156 Å². The number of hydrogen-bond donors (Lipinski definition) is 0. The van der Waals surface area contributed by atoms with E-state index < -0.39 is 0 Å². The van der Waals surface area contributed by atoms with Gasteiger partial charge in [-0.1, -0.05) is 279 Å². The van der Waals surface area contributed by atoms with Gasteiger partial charge in [0.15, 0.2) is 11.6 Å². The first-order valence-electron chi connectivity index (χ1n) is 46.4. The Morgan fingerprint density at radius 1 is 0.147 bits per heavy atom. The van der Waals surface area contributed by atoms with Crippen molar-refractivity contribution >= 4 is 216 Å². The van der Waals surface area contributed by atoms with Gasteiger partial charge in [-0.25, -0.2) is 19.9 Å². The van der Waals surface area contributed by atoms with Gasteiger partial charge < -0.3 is 22.8 Å². The van der Waals surface area contributed by atoms with Gasteiger partial charge in [-0.2, -0.15) is 0 Å². The van der Waals surface area contributed by atoms with Gasteiger partial charge in [0, 0.05) is 135 Å². The quantitative estimate of drug-likeness (QED) is 0.144. The average Bonchev–Trinajstić information content (AvgIpc) is 1.58. The van der Waals surface area contributed by atoms with E-state index in [4.69, 9.17) is 19.9 Å². The molecule has 10 heteroatoms. The van der Waals surface area contributed by atoms with Crippen LogP contribution >= 0.6 is 11.3 Å². The van der Waals surface area contributed by atoms with Gasteiger partial charge in [-0.05, 0) is 230 Å². The Balaban J connectivity index is 0.000000133. The minimum absolute atomic E-state index is 0.700. The molecule has 0 bridgehead atoms. The zero-order valence-corrected chi connectivity index (χ0v) is 74.1. The molecule has 0 saturated carbocycles. The van der Waals surface area contributed by atoms with Crippen LogP contribution in [0.5, 0.6) is 0 Å². The number of fused-ring (bicyclic) bond motifs is 25. The molecule has 0 aliphatic rings. The molecular formula is C126H75N9S. The Hall–Kier alpha value is -18.0. The first kappa shape index (κ1) is 75.8. The number of nitrogens with zero attached hydrogens (tertiary/aromatic N) is 9. The fourth-order valence-electron chi connectivity index (χ4n) is 22.1. The summed E-state index contributed by atoms with van der Waals surface area (Å²) >= 11 is 1.83. The molecule has 9 nitrogen and oxygen atoms in total. The topological polar surface area (TPSA) is 76.2 Å². The minimum atomic E-state index is 0.700. The summed E-state index contributed by atoms with van der Waals surface area (Å²) < 4.78 is 14.6. The smallest absolute Gasteiger partial charge is 0.160 e. The third-order valence-corrected chi connectivity index (χ3v) is 29.5. The SMILES string of the molecule is c1cc(-c2nc(-c3ccc4c(c3)sc3ccccc34)c3ccccc3n2)cc(-n2c3ccccc3c3cc4ccc(-n5c6ccccc6c6cc7ccccc7cc65)cc4cc32)c1.c1ccc(-n2c3ccccc3c3ccc(-c4nc(-c5ccc6cc(-n7c8ccccc8c8cc9ccc(-n%10c%11ccccc%11c%11cc%12ccccc%12cc%11%10)cc9cc87)ccc6c5)nc5ccccc45)cc32)cc1. The van der Waals surface area contributed by atoms with Crippen molar-refractivity contribution in [2.45, 2.75) is 0 Å². The summed E-state index contributed by atoms with van der Waals surface area (Å²) in [6.45, 7) is 0. The summed E-state index contributed by atoms with van der Waals surface area (Å²) in [5, 5.41) is 29.1. The molecule has 8 heterocycles. The lowest BCUT2D eigenvalue weighted by Crippen LogP contribution is -1.98. The fraction of sp³-hybridized carbons (Fsp3) is 0. The van der Waals surface area contributed by atoms with Gasteiger partial charge in [-0.3, -0.25) is 0 Å². The largest absolute Gasteiger partial charge is 0.309 e. The Morgan fingerprint density at radius 3 is 0.949 bits per heavy atom. The van der Waals surface area contributed by atoms with Crippen LogP contribution in [0.25, 0.3) is 279 Å². The lowest BCUT2D eigenvalue weighted by Gasteiger charge is -2.13. The molecule has 0 atom stereocenters. The van der Waals surface area contributed by atoms with Crippen LogP contribution in [0, 0.1) is 0 Å². The lowest BCUT2D eigenvalue weighted by atomic mass is 10.0. The first-order valence-corrected chi connectivity index (χ1v) is 47.2. The van der Waals surface area contributed by atoms with Gasteiger partial charge >= 0.3 is 0 Å². The van der Waals surface area contributed by atoms with Crippen molar-refractivity contribution in [1.29, 1.82) is 0 Å². The van der Waals surface area contributed by atoms with E-state index in [0.29, 0.717) is 11.6 Å². The van der Waals surface area contributed by atoms with Crippen molar-refractivity contribution in [3.05, 3.63) is 455 Å². The van der Waals surface area contributed by atoms with Crippen molar-refractivity contribution in [2.75, 3.05) is 0 Å². The van der Waals surface area contributed by atoms with Gasteiger partial charge in [0.2, 0.25) is 0 Å². The van der Waals surface area contributed by atoms with Gasteiger partial charge in [0.1, 0.15) is 0 Å². The highest BCUT2D eigenvalue weighted by Gasteiger charge is 2.25. The van der Waals surface area contributed by atoms with Crippen LogP contribution < -0.4 is 0 Å². The van der Waals surface area contributed by atoms with Crippen molar-refractivity contribution in [3.8, 4) is 73.7 Å². The zero-order chi connectivity index (χ0) is 88.9. The number of hydrogen-bond acceptors (Lipinski definition) is 5. The van der Waals surface area contributed by atoms with Crippen molar-refractivity contribution < 1.29 is 0 Å². The van der Waals surface area contributed by atoms with Crippen LogP contribution in [-0.2, 0) is 0 Å². The van der Waals surface area contributed by atoms with E-state index in [2.05, 4.69) is 478 Å². The van der Waals surface area contributed by atoms with E-state index in [1.54, 1.807) is 0 Å². The third kappa shape index (κ3) is 11.8. The zero-order valence-electron chi connectivity index (χ0n) is 73.2. The van der Waals surface area contributed by atoms with Crippen LogP contribution in [0.1, 0.15) is 0 Å². The number of aromatic nitrogens is 9. The maximum Gasteiger partial charge on any atom is 0.160 e. The van der Waals surface area contributed by atoms with Crippen molar-refractivity contribution in [1.82, 2.24) is 42.8 Å². The monoisotopic (exact) mass is 1750 g/mol. The predicted octanol–water partition coefficient (Wildman–Crippen LogP) is 33.5. The number of benzene rings is 22. The van der Waals surface area contributed by atoms with Crippen LogP contribution in [0.2, 0.25) is 0 Å². The highest BCUT2D eigenvalue weighted by molar-refractivity contribution is 7.25. The van der Waals surface area contributed by atoms with Crippen LogP contribution in [0.3, 0.4) is 0 Å². The molecule has 0 amide bonds. The minimum Gasteiger partial charge on any atom is -0.309 e. The van der Waals surface area contributed by atoms with Gasteiger partial charge in [0.05, 0.1) is 77.6 Å². The summed E-state index contributed by atoms with van der Waals surface area (Å²) in [5.74, 6) is 1.41. The molecule has 0 aliphatic heterocycles. The van der Waals surface area contributed by atoms with E-state index in [9.17, 15) is 0 Å². The molecule has 0 unspecified atom stereocenters. The Bertz CT molecular complexity index is 10400. The third-order valence-electron chi connectivity index (χ3n) is 28.3. The van der Waals surface area contributed by atoms with E-state index in [0.717, 1.165) is 111 Å². The number of thiophene rings is 1. The molecule has 0 saturated heterocycles. The molecule has 0 spiro atoms. The number of rotatable bonds is 9.